The second-order valence-electron chi connectivity index (χ2n) is 5.13. The van der Waals surface area contributed by atoms with E-state index in [9.17, 15) is 9.90 Å². The van der Waals surface area contributed by atoms with Crippen LogP contribution in [-0.2, 0) is 0 Å². The van der Waals surface area contributed by atoms with Crippen LogP contribution >= 0.6 is 11.3 Å². The van der Waals surface area contributed by atoms with Crippen molar-refractivity contribution >= 4 is 23.0 Å². The van der Waals surface area contributed by atoms with Crippen molar-refractivity contribution in [2.24, 2.45) is 0 Å². The largest absolute Gasteiger partial charge is 0.489 e. The van der Waals surface area contributed by atoms with Crippen molar-refractivity contribution in [3.8, 4) is 5.75 Å². The minimum absolute atomic E-state index is 0.204. The van der Waals surface area contributed by atoms with E-state index < -0.39 is 5.97 Å². The third-order valence-corrected chi connectivity index (χ3v) is 4.92. The molecule has 0 bridgehead atoms. The van der Waals surface area contributed by atoms with Crippen LogP contribution in [0.25, 0.3) is 0 Å². The van der Waals surface area contributed by atoms with Crippen LogP contribution in [0.5, 0.6) is 5.75 Å². The number of carbonyl (C=O) groups is 1. The fraction of sp³-hybridized carbons (Fsp3) is 0.312. The molecule has 1 aliphatic heterocycles. The minimum atomic E-state index is -0.951. The van der Waals surface area contributed by atoms with E-state index in [0.29, 0.717) is 12.4 Å². The van der Waals surface area contributed by atoms with Gasteiger partial charge in [-0.05, 0) is 38.1 Å². The van der Waals surface area contributed by atoms with Gasteiger partial charge in [-0.15, -0.1) is 11.3 Å². The molecule has 4 nitrogen and oxygen atoms in total. The van der Waals surface area contributed by atoms with E-state index in [-0.39, 0.29) is 11.6 Å². The van der Waals surface area contributed by atoms with E-state index in [4.69, 9.17) is 4.74 Å². The van der Waals surface area contributed by atoms with Gasteiger partial charge >= 0.3 is 5.97 Å². The molecule has 0 aliphatic carbocycles. The average Bonchev–Trinajstić information content (AvgIpc) is 2.91. The molecular formula is C16H17NO3S. The van der Waals surface area contributed by atoms with Crippen LogP contribution in [0.3, 0.4) is 0 Å². The van der Waals surface area contributed by atoms with Gasteiger partial charge in [-0.3, -0.25) is 0 Å². The number of anilines is 1. The summed E-state index contributed by atoms with van der Waals surface area (Å²) in [5, 5.41) is 9.29. The first kappa shape index (κ1) is 13.9. The Bertz CT molecular complexity index is 680. The molecule has 1 atom stereocenters. The highest BCUT2D eigenvalue weighted by atomic mass is 32.1. The van der Waals surface area contributed by atoms with E-state index in [1.54, 1.807) is 23.5 Å². The fourth-order valence-corrected chi connectivity index (χ4v) is 3.61. The number of thiophene rings is 1. The molecule has 0 radical (unpaired) electrons. The highest BCUT2D eigenvalue weighted by Crippen LogP contribution is 2.40. The molecule has 0 amide bonds. The topological polar surface area (TPSA) is 49.8 Å². The second-order valence-corrected chi connectivity index (χ2v) is 6.44. The van der Waals surface area contributed by atoms with Gasteiger partial charge in [-0.2, -0.15) is 0 Å². The average molecular weight is 303 g/mol. The molecule has 1 aromatic carbocycles. The van der Waals surface area contributed by atoms with Crippen LogP contribution in [0.15, 0.2) is 30.3 Å². The number of para-hydroxylation sites is 1. The lowest BCUT2D eigenvalue weighted by atomic mass is 10.1. The number of carboxylic acids is 1. The number of benzene rings is 1. The van der Waals surface area contributed by atoms with Crippen LogP contribution in [0.2, 0.25) is 0 Å². The predicted octanol–water partition coefficient (Wildman–Crippen LogP) is 3.71. The Hall–Kier alpha value is -2.01. The quantitative estimate of drug-likeness (QED) is 0.939. The summed E-state index contributed by atoms with van der Waals surface area (Å²) in [7, 11) is 0. The molecule has 21 heavy (non-hydrogen) atoms. The Morgan fingerprint density at radius 3 is 2.86 bits per heavy atom. The first-order valence-corrected chi connectivity index (χ1v) is 7.71. The number of nitrogens with zero attached hydrogens (tertiary/aromatic N) is 1. The molecule has 3 rings (SSSR count). The Morgan fingerprint density at radius 1 is 1.38 bits per heavy atom. The molecule has 2 aromatic rings. The molecule has 1 unspecified atom stereocenters. The van der Waals surface area contributed by atoms with Crippen LogP contribution in [0.4, 0.5) is 5.69 Å². The van der Waals surface area contributed by atoms with Gasteiger partial charge in [0.1, 0.15) is 12.2 Å². The maximum absolute atomic E-state index is 11.3. The summed E-state index contributed by atoms with van der Waals surface area (Å²) in [5.74, 6) is -0.468. The number of aromatic carboxylic acids is 1. The molecule has 1 aromatic heterocycles. The summed E-state index contributed by atoms with van der Waals surface area (Å²) in [6.07, 6.45) is 0. The van der Waals surface area contributed by atoms with Gasteiger partial charge in [0.15, 0.2) is 5.75 Å². The molecule has 1 aliphatic rings. The van der Waals surface area contributed by atoms with Gasteiger partial charge in [0.05, 0.1) is 18.3 Å². The summed E-state index contributed by atoms with van der Waals surface area (Å²) in [5.41, 5.74) is 1.09. The minimum Gasteiger partial charge on any atom is -0.489 e. The third kappa shape index (κ3) is 2.49. The number of carboxylic acid groups (broad SMARTS) is 1. The van der Waals surface area contributed by atoms with Gasteiger partial charge < -0.3 is 14.7 Å². The van der Waals surface area contributed by atoms with Gasteiger partial charge in [0, 0.05) is 9.75 Å². The van der Waals surface area contributed by atoms with E-state index in [2.05, 4.69) is 30.9 Å². The van der Waals surface area contributed by atoms with Crippen LogP contribution in [0.1, 0.15) is 33.1 Å². The van der Waals surface area contributed by atoms with Crippen molar-refractivity contribution in [2.45, 2.75) is 19.9 Å². The van der Waals surface area contributed by atoms with Gasteiger partial charge in [-0.25, -0.2) is 4.79 Å². The van der Waals surface area contributed by atoms with E-state index in [0.717, 1.165) is 12.2 Å². The molecule has 2 heterocycles. The van der Waals surface area contributed by atoms with Gasteiger partial charge in [0.25, 0.3) is 0 Å². The lowest BCUT2D eigenvalue weighted by Crippen LogP contribution is -2.35. The van der Waals surface area contributed by atoms with Crippen molar-refractivity contribution in [1.29, 1.82) is 0 Å². The zero-order chi connectivity index (χ0) is 15.0. The molecule has 0 fully saturated rings. The third-order valence-electron chi connectivity index (χ3n) is 3.75. The van der Waals surface area contributed by atoms with Crippen molar-refractivity contribution in [1.82, 2.24) is 0 Å². The highest BCUT2D eigenvalue weighted by Gasteiger charge is 2.27. The van der Waals surface area contributed by atoms with Crippen LogP contribution < -0.4 is 9.64 Å². The smallest absolute Gasteiger partial charge is 0.339 e. The Labute approximate surface area is 127 Å². The second kappa shape index (κ2) is 5.41. The summed E-state index contributed by atoms with van der Waals surface area (Å²) < 4.78 is 5.62. The Kier molecular flexibility index (Phi) is 3.59. The monoisotopic (exact) mass is 303 g/mol. The van der Waals surface area contributed by atoms with E-state index in [1.807, 2.05) is 6.07 Å². The first-order valence-electron chi connectivity index (χ1n) is 6.90. The lowest BCUT2D eigenvalue weighted by molar-refractivity contribution is 0.0692. The van der Waals surface area contributed by atoms with Crippen molar-refractivity contribution in [3.63, 3.8) is 0 Å². The first-order chi connectivity index (χ1) is 10.1. The number of rotatable bonds is 3. The molecule has 1 N–H and O–H groups in total. The standard InChI is InChI=1S/C16H17NO3S/c1-10-6-7-14(21-10)11(2)17-8-9-20-15-12(16(18)19)4-3-5-13(15)17/h3-7,11H,8-9H2,1-2H3,(H,18,19). The van der Waals surface area contributed by atoms with Crippen LogP contribution in [0, 0.1) is 6.92 Å². The summed E-state index contributed by atoms with van der Waals surface area (Å²) in [6.45, 7) is 5.50. The van der Waals surface area contributed by atoms with E-state index >= 15 is 0 Å². The lowest BCUT2D eigenvalue weighted by Gasteiger charge is -2.36. The Morgan fingerprint density at radius 2 is 2.19 bits per heavy atom. The normalized spacial score (nSPS) is 15.2. The molecule has 0 saturated heterocycles. The molecule has 110 valence electrons. The van der Waals surface area contributed by atoms with Crippen molar-refractivity contribution < 1.29 is 14.6 Å². The molecular weight excluding hydrogens is 286 g/mol. The SMILES string of the molecule is Cc1ccc(C(C)N2CCOc3c(C(=O)O)cccc32)s1. The molecule has 0 spiro atoms. The summed E-state index contributed by atoms with van der Waals surface area (Å²) in [6, 6.07) is 9.75. The predicted molar refractivity (Wildman–Crippen MR) is 83.7 cm³/mol. The number of ether oxygens (including phenoxy) is 1. The zero-order valence-electron chi connectivity index (χ0n) is 12.0. The van der Waals surface area contributed by atoms with E-state index in [1.165, 1.54) is 9.75 Å². The van der Waals surface area contributed by atoms with Gasteiger partial charge in [0.2, 0.25) is 0 Å². The number of hydrogen-bond donors (Lipinski definition) is 1. The molecule has 0 saturated carbocycles. The number of hydrogen-bond acceptors (Lipinski definition) is 4. The zero-order valence-corrected chi connectivity index (χ0v) is 12.8. The van der Waals surface area contributed by atoms with Crippen molar-refractivity contribution in [3.05, 3.63) is 45.6 Å². The maximum Gasteiger partial charge on any atom is 0.339 e. The van der Waals surface area contributed by atoms with Crippen LogP contribution in [-0.4, -0.2) is 24.2 Å². The maximum atomic E-state index is 11.3. The Balaban J connectivity index is 2.01. The summed E-state index contributed by atoms with van der Waals surface area (Å²) >= 11 is 1.78. The van der Waals surface area contributed by atoms with Gasteiger partial charge in [-0.1, -0.05) is 6.07 Å². The highest BCUT2D eigenvalue weighted by molar-refractivity contribution is 7.12. The molecule has 5 heteroatoms. The summed E-state index contributed by atoms with van der Waals surface area (Å²) in [4.78, 5) is 16.1. The van der Waals surface area contributed by atoms with Crippen molar-refractivity contribution in [2.75, 3.05) is 18.1 Å². The number of fused-ring (bicyclic) bond motifs is 1. The number of aryl methyl sites for hydroxylation is 1. The fourth-order valence-electron chi connectivity index (χ4n) is 2.67.